The van der Waals surface area contributed by atoms with Gasteiger partial charge in [0.1, 0.15) is 12.4 Å². The fourth-order valence-corrected chi connectivity index (χ4v) is 2.99. The van der Waals surface area contributed by atoms with Crippen molar-refractivity contribution in [1.29, 1.82) is 0 Å². The molecule has 0 saturated heterocycles. The second kappa shape index (κ2) is 7.46. The molecule has 1 fully saturated rings. The zero-order chi connectivity index (χ0) is 15.2. The molecular formula is C17H25NO3. The van der Waals surface area contributed by atoms with Crippen LogP contribution in [0.4, 0.5) is 0 Å². The smallest absolute Gasteiger partial charge is 0.128 e. The molecule has 0 spiro atoms. The molecule has 1 unspecified atom stereocenters. The minimum Gasteiger partial charge on any atom is -0.490 e. The van der Waals surface area contributed by atoms with Crippen LogP contribution in [-0.2, 0) is 0 Å². The first kappa shape index (κ1) is 15.8. The van der Waals surface area contributed by atoms with Gasteiger partial charge in [0.15, 0.2) is 0 Å². The van der Waals surface area contributed by atoms with Gasteiger partial charge >= 0.3 is 0 Å². The summed E-state index contributed by atoms with van der Waals surface area (Å²) >= 11 is 0. The van der Waals surface area contributed by atoms with Crippen LogP contribution in [0.1, 0.15) is 50.2 Å². The Balaban J connectivity index is 1.96. The third-order valence-electron chi connectivity index (χ3n) is 4.19. The van der Waals surface area contributed by atoms with Crippen LogP contribution in [-0.4, -0.2) is 28.7 Å². The summed E-state index contributed by atoms with van der Waals surface area (Å²) in [4.78, 5) is 0. The van der Waals surface area contributed by atoms with Crippen LogP contribution in [0.25, 0.3) is 0 Å². The molecule has 0 aromatic heterocycles. The van der Waals surface area contributed by atoms with E-state index in [0.29, 0.717) is 17.4 Å². The predicted octanol–water partition coefficient (Wildman–Crippen LogP) is 3.51. The number of nitrogens with zero attached hydrogens (tertiary/aromatic N) is 1. The molecule has 4 heteroatoms. The van der Waals surface area contributed by atoms with Crippen LogP contribution in [0.5, 0.6) is 5.75 Å². The summed E-state index contributed by atoms with van der Waals surface area (Å²) in [6.45, 7) is 4.00. The Hall–Kier alpha value is -1.55. The Morgan fingerprint density at radius 2 is 2.10 bits per heavy atom. The minimum absolute atomic E-state index is 0.283. The van der Waals surface area contributed by atoms with Gasteiger partial charge in [0.05, 0.1) is 11.8 Å². The molecule has 1 saturated carbocycles. The van der Waals surface area contributed by atoms with Gasteiger partial charge in [0.25, 0.3) is 0 Å². The highest BCUT2D eigenvalue weighted by atomic mass is 16.5. The van der Waals surface area contributed by atoms with Crippen LogP contribution >= 0.6 is 0 Å². The van der Waals surface area contributed by atoms with Crippen molar-refractivity contribution in [3.05, 3.63) is 29.3 Å². The number of rotatable bonds is 6. The molecule has 1 aromatic rings. The van der Waals surface area contributed by atoms with E-state index >= 15 is 0 Å². The molecule has 1 aliphatic carbocycles. The number of aliphatic hydroxyl groups is 1. The van der Waals surface area contributed by atoms with Crippen molar-refractivity contribution >= 4 is 5.71 Å². The number of benzene rings is 1. The molecule has 21 heavy (non-hydrogen) atoms. The Morgan fingerprint density at radius 1 is 1.38 bits per heavy atom. The Labute approximate surface area is 126 Å². The van der Waals surface area contributed by atoms with Crippen molar-refractivity contribution in [2.75, 3.05) is 6.61 Å². The first-order chi connectivity index (χ1) is 10.1. The van der Waals surface area contributed by atoms with E-state index in [-0.39, 0.29) is 6.61 Å². The highest BCUT2D eigenvalue weighted by Crippen LogP contribution is 2.29. The lowest BCUT2D eigenvalue weighted by Crippen LogP contribution is -2.21. The molecule has 4 nitrogen and oxygen atoms in total. The summed E-state index contributed by atoms with van der Waals surface area (Å²) in [5, 5.41) is 22.3. The van der Waals surface area contributed by atoms with Crippen LogP contribution in [0.15, 0.2) is 23.4 Å². The van der Waals surface area contributed by atoms with Gasteiger partial charge in [-0.3, -0.25) is 0 Å². The highest BCUT2D eigenvalue weighted by Gasteiger charge is 2.19. The fraction of sp³-hybridized carbons (Fsp3) is 0.588. The SMILES string of the molecule is C/C(=N/O)c1ccc(C)cc1OCC(O)CC1CCCC1. The average Bonchev–Trinajstić information content (AvgIpc) is 2.97. The van der Waals surface area contributed by atoms with E-state index in [0.717, 1.165) is 17.5 Å². The topological polar surface area (TPSA) is 62.1 Å². The fourth-order valence-electron chi connectivity index (χ4n) is 2.99. The van der Waals surface area contributed by atoms with E-state index in [1.165, 1.54) is 25.7 Å². The van der Waals surface area contributed by atoms with Crippen molar-refractivity contribution in [2.24, 2.45) is 11.1 Å². The van der Waals surface area contributed by atoms with Gasteiger partial charge in [-0.2, -0.15) is 0 Å². The lowest BCUT2D eigenvalue weighted by molar-refractivity contribution is 0.0854. The zero-order valence-electron chi connectivity index (χ0n) is 12.9. The number of oxime groups is 1. The van der Waals surface area contributed by atoms with Gasteiger partial charge in [0, 0.05) is 5.56 Å². The molecule has 0 bridgehead atoms. The van der Waals surface area contributed by atoms with Gasteiger partial charge in [-0.05, 0) is 43.9 Å². The van der Waals surface area contributed by atoms with Gasteiger partial charge in [0.2, 0.25) is 0 Å². The molecule has 0 heterocycles. The maximum atomic E-state index is 10.1. The van der Waals surface area contributed by atoms with Gasteiger partial charge in [-0.25, -0.2) is 0 Å². The molecule has 1 atom stereocenters. The van der Waals surface area contributed by atoms with E-state index in [9.17, 15) is 5.11 Å². The minimum atomic E-state index is -0.437. The second-order valence-corrected chi connectivity index (χ2v) is 6.04. The van der Waals surface area contributed by atoms with Crippen molar-refractivity contribution in [2.45, 2.75) is 52.1 Å². The highest BCUT2D eigenvalue weighted by molar-refractivity contribution is 6.00. The number of ether oxygens (including phenoxy) is 1. The van der Waals surface area contributed by atoms with Crippen LogP contribution in [0.2, 0.25) is 0 Å². The molecule has 2 N–H and O–H groups in total. The largest absolute Gasteiger partial charge is 0.490 e. The number of hydrogen-bond acceptors (Lipinski definition) is 4. The monoisotopic (exact) mass is 291 g/mol. The Morgan fingerprint density at radius 3 is 2.76 bits per heavy atom. The van der Waals surface area contributed by atoms with E-state index < -0.39 is 6.10 Å². The second-order valence-electron chi connectivity index (χ2n) is 6.04. The number of aryl methyl sites for hydroxylation is 1. The van der Waals surface area contributed by atoms with Crippen molar-refractivity contribution in [3.63, 3.8) is 0 Å². The quantitative estimate of drug-likeness (QED) is 0.479. The zero-order valence-corrected chi connectivity index (χ0v) is 12.9. The van der Waals surface area contributed by atoms with E-state index in [2.05, 4.69) is 5.16 Å². The van der Waals surface area contributed by atoms with Gasteiger partial charge in [-0.1, -0.05) is 36.9 Å². The maximum Gasteiger partial charge on any atom is 0.128 e. The lowest BCUT2D eigenvalue weighted by Gasteiger charge is -2.17. The molecule has 2 rings (SSSR count). The van der Waals surface area contributed by atoms with Crippen molar-refractivity contribution in [3.8, 4) is 5.75 Å². The normalized spacial score (nSPS) is 18.0. The number of aliphatic hydroxyl groups excluding tert-OH is 1. The molecule has 116 valence electrons. The summed E-state index contributed by atoms with van der Waals surface area (Å²) in [7, 11) is 0. The summed E-state index contributed by atoms with van der Waals surface area (Å²) in [6.07, 6.45) is 5.40. The summed E-state index contributed by atoms with van der Waals surface area (Å²) in [6, 6.07) is 5.74. The van der Waals surface area contributed by atoms with Crippen LogP contribution < -0.4 is 4.74 Å². The molecular weight excluding hydrogens is 266 g/mol. The van der Waals surface area contributed by atoms with Crippen LogP contribution in [0.3, 0.4) is 0 Å². The molecule has 1 aliphatic rings. The van der Waals surface area contributed by atoms with Crippen LogP contribution in [0, 0.1) is 12.8 Å². The molecule has 1 aromatic carbocycles. The third kappa shape index (κ3) is 4.46. The average molecular weight is 291 g/mol. The lowest BCUT2D eigenvalue weighted by atomic mass is 10.0. The maximum absolute atomic E-state index is 10.1. The Bertz CT molecular complexity index is 493. The van der Waals surface area contributed by atoms with Gasteiger partial charge in [-0.15, -0.1) is 0 Å². The first-order valence-electron chi connectivity index (χ1n) is 7.70. The first-order valence-corrected chi connectivity index (χ1v) is 7.70. The number of hydrogen-bond donors (Lipinski definition) is 2. The molecule has 0 aliphatic heterocycles. The van der Waals surface area contributed by atoms with E-state index in [1.54, 1.807) is 6.92 Å². The standard InChI is InChI=1S/C17H25NO3/c1-12-7-8-16(13(2)18-20)17(9-12)21-11-15(19)10-14-5-3-4-6-14/h7-9,14-15,19-20H,3-6,10-11H2,1-2H3/b18-13-. The van der Waals surface area contributed by atoms with Crippen molar-refractivity contribution < 1.29 is 15.1 Å². The van der Waals surface area contributed by atoms with Gasteiger partial charge < -0.3 is 15.1 Å². The van der Waals surface area contributed by atoms with E-state index in [4.69, 9.17) is 9.94 Å². The van der Waals surface area contributed by atoms with E-state index in [1.807, 2.05) is 25.1 Å². The summed E-state index contributed by atoms with van der Waals surface area (Å²) in [5.41, 5.74) is 2.34. The van der Waals surface area contributed by atoms with Crippen molar-refractivity contribution in [1.82, 2.24) is 0 Å². The third-order valence-corrected chi connectivity index (χ3v) is 4.19. The molecule has 0 radical (unpaired) electrons. The predicted molar refractivity (Wildman–Crippen MR) is 83.3 cm³/mol. The molecule has 0 amide bonds. The summed E-state index contributed by atoms with van der Waals surface area (Å²) in [5.74, 6) is 1.30. The summed E-state index contributed by atoms with van der Waals surface area (Å²) < 4.78 is 5.77. The Kier molecular flexibility index (Phi) is 5.62.